The fraction of sp³-hybridized carbons (Fsp3) is 0.417. The van der Waals surface area contributed by atoms with Crippen LogP contribution in [0.4, 0.5) is 8.78 Å². The fourth-order valence-electron chi connectivity index (χ4n) is 1.59. The third-order valence-electron chi connectivity index (χ3n) is 2.95. The molecule has 0 fully saturated rings. The highest BCUT2D eigenvalue weighted by Crippen LogP contribution is 2.25. The maximum absolute atomic E-state index is 13.4. The van der Waals surface area contributed by atoms with Gasteiger partial charge in [-0.25, -0.2) is 13.8 Å². The zero-order chi connectivity index (χ0) is 11.9. The number of nitrogens with one attached hydrogen (secondary N) is 1. The standard InChI is InChI=1S/C12H14F2N2/c1-6(2)7(3)12-15-10-5-8(13)4-9(14)11(10)16-12/h4-7H,1-3H3,(H,15,16). The molecule has 1 atom stereocenters. The minimum atomic E-state index is -0.617. The summed E-state index contributed by atoms with van der Waals surface area (Å²) >= 11 is 0. The summed E-state index contributed by atoms with van der Waals surface area (Å²) in [5, 5.41) is 0. The maximum Gasteiger partial charge on any atom is 0.153 e. The number of nitrogens with zero attached hydrogens (tertiary/aromatic N) is 1. The Morgan fingerprint density at radius 3 is 2.50 bits per heavy atom. The van der Waals surface area contributed by atoms with E-state index in [1.807, 2.05) is 6.92 Å². The Kier molecular flexibility index (Phi) is 2.66. The number of fused-ring (bicyclic) bond motifs is 1. The van der Waals surface area contributed by atoms with Gasteiger partial charge in [0.15, 0.2) is 5.82 Å². The number of imidazole rings is 1. The predicted octanol–water partition coefficient (Wildman–Crippen LogP) is 3.60. The van der Waals surface area contributed by atoms with Crippen LogP contribution in [0.2, 0.25) is 0 Å². The van der Waals surface area contributed by atoms with Crippen molar-refractivity contribution in [3.8, 4) is 0 Å². The molecule has 2 aromatic rings. The van der Waals surface area contributed by atoms with E-state index in [4.69, 9.17) is 0 Å². The van der Waals surface area contributed by atoms with Gasteiger partial charge >= 0.3 is 0 Å². The first-order valence-corrected chi connectivity index (χ1v) is 5.33. The van der Waals surface area contributed by atoms with Gasteiger partial charge < -0.3 is 4.98 Å². The van der Waals surface area contributed by atoms with Crippen LogP contribution in [0.15, 0.2) is 12.1 Å². The van der Waals surface area contributed by atoms with Gasteiger partial charge in [0, 0.05) is 12.0 Å². The Morgan fingerprint density at radius 1 is 1.19 bits per heavy atom. The lowest BCUT2D eigenvalue weighted by atomic mass is 9.98. The summed E-state index contributed by atoms with van der Waals surface area (Å²) in [6.07, 6.45) is 0. The molecule has 0 aliphatic heterocycles. The third-order valence-corrected chi connectivity index (χ3v) is 2.95. The van der Waals surface area contributed by atoms with Gasteiger partial charge in [0.1, 0.15) is 17.2 Å². The number of hydrogen-bond donors (Lipinski definition) is 1. The largest absolute Gasteiger partial charge is 0.342 e. The summed E-state index contributed by atoms with van der Waals surface area (Å²) in [7, 11) is 0. The SMILES string of the molecule is CC(C)C(C)c1nc2c(F)cc(F)cc2[nH]1. The van der Waals surface area contributed by atoms with E-state index in [0.29, 0.717) is 17.3 Å². The van der Waals surface area contributed by atoms with E-state index >= 15 is 0 Å². The van der Waals surface area contributed by atoms with Crippen molar-refractivity contribution in [1.82, 2.24) is 9.97 Å². The molecule has 0 spiro atoms. The number of benzene rings is 1. The molecule has 0 saturated heterocycles. The first-order valence-electron chi connectivity index (χ1n) is 5.33. The molecule has 1 N–H and O–H groups in total. The minimum absolute atomic E-state index is 0.190. The second kappa shape index (κ2) is 3.85. The smallest absolute Gasteiger partial charge is 0.153 e. The van der Waals surface area contributed by atoms with Crippen LogP contribution in [0, 0.1) is 17.6 Å². The zero-order valence-electron chi connectivity index (χ0n) is 9.51. The molecule has 2 nitrogen and oxygen atoms in total. The van der Waals surface area contributed by atoms with E-state index in [1.54, 1.807) is 0 Å². The van der Waals surface area contributed by atoms with E-state index in [9.17, 15) is 8.78 Å². The fourth-order valence-corrected chi connectivity index (χ4v) is 1.59. The molecule has 0 amide bonds. The number of H-pyrrole nitrogens is 1. The van der Waals surface area contributed by atoms with E-state index in [1.165, 1.54) is 6.07 Å². The molecule has 1 aromatic carbocycles. The molecule has 86 valence electrons. The Balaban J connectivity index is 2.56. The van der Waals surface area contributed by atoms with E-state index in [-0.39, 0.29) is 11.4 Å². The average molecular weight is 224 g/mol. The zero-order valence-corrected chi connectivity index (χ0v) is 9.51. The van der Waals surface area contributed by atoms with Crippen LogP contribution < -0.4 is 0 Å². The molecule has 0 radical (unpaired) electrons. The van der Waals surface area contributed by atoms with Gasteiger partial charge in [-0.1, -0.05) is 20.8 Å². The lowest BCUT2D eigenvalue weighted by Crippen LogP contribution is -2.03. The highest BCUT2D eigenvalue weighted by Gasteiger charge is 2.16. The molecular weight excluding hydrogens is 210 g/mol. The maximum atomic E-state index is 13.4. The second-order valence-electron chi connectivity index (χ2n) is 4.44. The summed E-state index contributed by atoms with van der Waals surface area (Å²) in [6.45, 7) is 6.14. The lowest BCUT2D eigenvalue weighted by Gasteiger charge is -2.11. The van der Waals surface area contributed by atoms with E-state index in [2.05, 4.69) is 23.8 Å². The topological polar surface area (TPSA) is 28.7 Å². The van der Waals surface area contributed by atoms with Gasteiger partial charge in [-0.05, 0) is 12.0 Å². The molecule has 1 heterocycles. The molecular formula is C12H14F2N2. The summed E-state index contributed by atoms with van der Waals surface area (Å²) in [5.74, 6) is 0.0867. The van der Waals surface area contributed by atoms with Crippen molar-refractivity contribution in [2.24, 2.45) is 5.92 Å². The van der Waals surface area contributed by atoms with E-state index in [0.717, 1.165) is 6.07 Å². The number of rotatable bonds is 2. The Labute approximate surface area is 92.7 Å². The first-order chi connectivity index (χ1) is 7.49. The van der Waals surface area contributed by atoms with Crippen molar-refractivity contribution in [3.63, 3.8) is 0 Å². The summed E-state index contributed by atoms with van der Waals surface area (Å²) in [5.41, 5.74) is 0.629. The summed E-state index contributed by atoms with van der Waals surface area (Å²) < 4.78 is 26.4. The lowest BCUT2D eigenvalue weighted by molar-refractivity contribution is 0.515. The van der Waals surface area contributed by atoms with Gasteiger partial charge in [0.2, 0.25) is 0 Å². The number of halogens is 2. The van der Waals surface area contributed by atoms with Crippen molar-refractivity contribution in [2.75, 3.05) is 0 Å². The number of aromatic amines is 1. The average Bonchev–Trinajstić information content (AvgIpc) is 2.60. The molecule has 1 unspecified atom stereocenters. The van der Waals surface area contributed by atoms with Crippen LogP contribution in [0.5, 0.6) is 0 Å². The number of hydrogen-bond acceptors (Lipinski definition) is 1. The molecule has 0 bridgehead atoms. The van der Waals surface area contributed by atoms with Crippen LogP contribution in [0.25, 0.3) is 11.0 Å². The first kappa shape index (κ1) is 11.0. The molecule has 2 rings (SSSR count). The van der Waals surface area contributed by atoms with Crippen LogP contribution in [-0.4, -0.2) is 9.97 Å². The van der Waals surface area contributed by atoms with Crippen LogP contribution in [0.1, 0.15) is 32.5 Å². The predicted molar refractivity (Wildman–Crippen MR) is 59.3 cm³/mol. The monoisotopic (exact) mass is 224 g/mol. The summed E-state index contributed by atoms with van der Waals surface area (Å²) in [6, 6.07) is 2.12. The van der Waals surface area contributed by atoms with Gasteiger partial charge in [-0.2, -0.15) is 0 Å². The summed E-state index contributed by atoms with van der Waals surface area (Å²) in [4.78, 5) is 7.14. The van der Waals surface area contributed by atoms with Crippen LogP contribution in [-0.2, 0) is 0 Å². The van der Waals surface area contributed by atoms with Crippen molar-refractivity contribution in [2.45, 2.75) is 26.7 Å². The minimum Gasteiger partial charge on any atom is -0.342 e. The van der Waals surface area contributed by atoms with Gasteiger partial charge in [-0.3, -0.25) is 0 Å². The van der Waals surface area contributed by atoms with Crippen molar-refractivity contribution in [1.29, 1.82) is 0 Å². The number of aromatic nitrogens is 2. The van der Waals surface area contributed by atoms with Gasteiger partial charge in [0.25, 0.3) is 0 Å². The Hall–Kier alpha value is -1.45. The van der Waals surface area contributed by atoms with Gasteiger partial charge in [-0.15, -0.1) is 0 Å². The Morgan fingerprint density at radius 2 is 1.88 bits per heavy atom. The molecule has 0 aliphatic rings. The molecule has 0 aliphatic carbocycles. The highest BCUT2D eigenvalue weighted by atomic mass is 19.1. The van der Waals surface area contributed by atoms with Crippen LogP contribution in [0.3, 0.4) is 0 Å². The molecule has 0 saturated carbocycles. The van der Waals surface area contributed by atoms with Crippen molar-refractivity contribution < 1.29 is 8.78 Å². The molecule has 1 aromatic heterocycles. The quantitative estimate of drug-likeness (QED) is 0.829. The third kappa shape index (κ3) is 1.79. The molecule has 16 heavy (non-hydrogen) atoms. The van der Waals surface area contributed by atoms with E-state index < -0.39 is 11.6 Å². The van der Waals surface area contributed by atoms with Gasteiger partial charge in [0.05, 0.1) is 5.52 Å². The van der Waals surface area contributed by atoms with Crippen molar-refractivity contribution >= 4 is 11.0 Å². The highest BCUT2D eigenvalue weighted by molar-refractivity contribution is 5.75. The second-order valence-corrected chi connectivity index (χ2v) is 4.44. The molecule has 4 heteroatoms. The van der Waals surface area contributed by atoms with Crippen LogP contribution >= 0.6 is 0 Å². The van der Waals surface area contributed by atoms with Crippen molar-refractivity contribution in [3.05, 3.63) is 29.6 Å². The Bertz CT molecular complexity index is 517. The normalized spacial score (nSPS) is 13.6.